The number of aromatic amines is 1. The molecule has 0 atom stereocenters. The SMILES string of the molecule is C/C(=N\OCc1ccc(C(=O)OC(C)(C)C)cc1)c1c(Oc2ccccc2)n[nH]c1C. The highest BCUT2D eigenvalue weighted by Crippen LogP contribution is 2.25. The first kappa shape index (κ1) is 22.1. The fraction of sp³-hybridized carbons (Fsp3) is 0.292. The third-order valence-electron chi connectivity index (χ3n) is 4.25. The smallest absolute Gasteiger partial charge is 0.338 e. The number of carbonyl (C=O) groups excluding carboxylic acids is 1. The Labute approximate surface area is 182 Å². The molecule has 0 fully saturated rings. The molecule has 0 aliphatic rings. The van der Waals surface area contributed by atoms with Crippen LogP contribution >= 0.6 is 0 Å². The molecule has 0 saturated heterocycles. The van der Waals surface area contributed by atoms with Crippen molar-refractivity contribution in [1.29, 1.82) is 0 Å². The summed E-state index contributed by atoms with van der Waals surface area (Å²) < 4.78 is 11.2. The van der Waals surface area contributed by atoms with Gasteiger partial charge in [0.25, 0.3) is 0 Å². The van der Waals surface area contributed by atoms with Crippen LogP contribution in [0.15, 0.2) is 59.8 Å². The summed E-state index contributed by atoms with van der Waals surface area (Å²) in [6, 6.07) is 16.5. The van der Waals surface area contributed by atoms with Gasteiger partial charge in [-0.2, -0.15) is 0 Å². The molecule has 0 aliphatic heterocycles. The van der Waals surface area contributed by atoms with E-state index in [4.69, 9.17) is 14.3 Å². The van der Waals surface area contributed by atoms with Gasteiger partial charge in [0, 0.05) is 5.69 Å². The van der Waals surface area contributed by atoms with E-state index in [0.29, 0.717) is 22.9 Å². The summed E-state index contributed by atoms with van der Waals surface area (Å²) in [5, 5.41) is 11.4. The Kier molecular flexibility index (Phi) is 6.74. The van der Waals surface area contributed by atoms with E-state index in [0.717, 1.165) is 16.8 Å². The second-order valence-electron chi connectivity index (χ2n) is 8.09. The molecule has 3 rings (SSSR count). The predicted molar refractivity (Wildman–Crippen MR) is 118 cm³/mol. The molecule has 0 amide bonds. The third kappa shape index (κ3) is 6.18. The molecule has 1 N–H and O–H groups in total. The number of aromatic nitrogens is 2. The van der Waals surface area contributed by atoms with E-state index in [-0.39, 0.29) is 12.6 Å². The Morgan fingerprint density at radius 1 is 1.06 bits per heavy atom. The molecule has 1 heterocycles. The Morgan fingerprint density at radius 3 is 2.39 bits per heavy atom. The maximum atomic E-state index is 12.1. The molecule has 0 saturated carbocycles. The maximum absolute atomic E-state index is 12.1. The first-order valence-electron chi connectivity index (χ1n) is 10.00. The van der Waals surface area contributed by atoms with E-state index >= 15 is 0 Å². The molecule has 1 aromatic heterocycles. The number of benzene rings is 2. The molecule has 3 aromatic rings. The van der Waals surface area contributed by atoms with Crippen molar-refractivity contribution in [2.75, 3.05) is 0 Å². The lowest BCUT2D eigenvalue weighted by molar-refractivity contribution is 0.00694. The predicted octanol–water partition coefficient (Wildman–Crippen LogP) is 5.41. The number of rotatable bonds is 7. The minimum Gasteiger partial charge on any atom is -0.456 e. The van der Waals surface area contributed by atoms with Gasteiger partial charge in [-0.05, 0) is 64.4 Å². The van der Waals surface area contributed by atoms with Gasteiger partial charge in [0.15, 0.2) is 0 Å². The Bertz CT molecular complexity index is 1050. The number of nitrogens with one attached hydrogen (secondary N) is 1. The van der Waals surface area contributed by atoms with Gasteiger partial charge in [0.05, 0.1) is 16.8 Å². The van der Waals surface area contributed by atoms with Gasteiger partial charge in [-0.1, -0.05) is 35.5 Å². The van der Waals surface area contributed by atoms with E-state index in [2.05, 4.69) is 15.4 Å². The number of hydrogen-bond acceptors (Lipinski definition) is 6. The van der Waals surface area contributed by atoms with Crippen molar-refractivity contribution >= 4 is 11.7 Å². The molecule has 0 spiro atoms. The van der Waals surface area contributed by atoms with Crippen LogP contribution in [0.1, 0.15) is 54.9 Å². The van der Waals surface area contributed by atoms with Crippen LogP contribution < -0.4 is 4.74 Å². The lowest BCUT2D eigenvalue weighted by Crippen LogP contribution is -2.23. The number of esters is 1. The fourth-order valence-corrected chi connectivity index (χ4v) is 2.83. The largest absolute Gasteiger partial charge is 0.456 e. The Balaban J connectivity index is 1.63. The summed E-state index contributed by atoms with van der Waals surface area (Å²) >= 11 is 0. The van der Waals surface area contributed by atoms with Crippen LogP contribution in [-0.4, -0.2) is 27.5 Å². The quantitative estimate of drug-likeness (QED) is 0.313. The van der Waals surface area contributed by atoms with E-state index in [1.807, 2.05) is 77.1 Å². The first-order chi connectivity index (χ1) is 14.7. The van der Waals surface area contributed by atoms with Crippen molar-refractivity contribution in [3.8, 4) is 11.6 Å². The minimum atomic E-state index is -0.528. The van der Waals surface area contributed by atoms with E-state index in [1.54, 1.807) is 12.1 Å². The molecule has 162 valence electrons. The average Bonchev–Trinajstić information content (AvgIpc) is 3.08. The molecule has 2 aromatic carbocycles. The third-order valence-corrected chi connectivity index (χ3v) is 4.25. The number of hydrogen-bond donors (Lipinski definition) is 1. The van der Waals surface area contributed by atoms with E-state index < -0.39 is 5.60 Å². The highest BCUT2D eigenvalue weighted by atomic mass is 16.6. The molecular formula is C24H27N3O4. The van der Waals surface area contributed by atoms with Crippen molar-refractivity contribution in [2.24, 2.45) is 5.16 Å². The van der Waals surface area contributed by atoms with Crippen LogP contribution in [0.4, 0.5) is 0 Å². The molecular weight excluding hydrogens is 394 g/mol. The average molecular weight is 421 g/mol. The standard InChI is InChI=1S/C24H27N3O4/c1-16-21(22(26-25-16)30-20-9-7-6-8-10-20)17(2)27-29-15-18-11-13-19(14-12-18)23(28)31-24(3,4)5/h6-14H,15H2,1-5H3,(H,25,26)/b27-17+. The Morgan fingerprint density at radius 2 is 1.74 bits per heavy atom. The minimum absolute atomic E-state index is 0.262. The zero-order valence-electron chi connectivity index (χ0n) is 18.4. The van der Waals surface area contributed by atoms with Gasteiger partial charge in [0.2, 0.25) is 5.88 Å². The second kappa shape index (κ2) is 9.47. The summed E-state index contributed by atoms with van der Waals surface area (Å²) in [6.07, 6.45) is 0. The van der Waals surface area contributed by atoms with Crippen LogP contribution in [0.25, 0.3) is 0 Å². The molecule has 7 nitrogen and oxygen atoms in total. The number of carbonyl (C=O) groups is 1. The van der Waals surface area contributed by atoms with E-state index in [9.17, 15) is 4.79 Å². The Hall–Kier alpha value is -3.61. The highest BCUT2D eigenvalue weighted by molar-refractivity contribution is 6.01. The number of oxime groups is 1. The molecule has 0 aliphatic carbocycles. The topological polar surface area (TPSA) is 85.8 Å². The number of aryl methyl sites for hydroxylation is 1. The number of nitrogens with zero attached hydrogens (tertiary/aromatic N) is 2. The van der Waals surface area contributed by atoms with Crippen LogP contribution in [0.2, 0.25) is 0 Å². The lowest BCUT2D eigenvalue weighted by atomic mass is 10.1. The monoisotopic (exact) mass is 421 g/mol. The molecule has 0 radical (unpaired) electrons. The summed E-state index contributed by atoms with van der Waals surface area (Å²) in [5.41, 5.74) is 3.08. The van der Waals surface area contributed by atoms with Crippen LogP contribution in [-0.2, 0) is 16.2 Å². The van der Waals surface area contributed by atoms with Gasteiger partial charge in [-0.3, -0.25) is 5.10 Å². The first-order valence-corrected chi connectivity index (χ1v) is 10.00. The van der Waals surface area contributed by atoms with Crippen molar-refractivity contribution in [1.82, 2.24) is 10.2 Å². The van der Waals surface area contributed by atoms with Gasteiger partial charge in [-0.25, -0.2) is 4.79 Å². The summed E-state index contributed by atoms with van der Waals surface area (Å²) in [7, 11) is 0. The van der Waals surface area contributed by atoms with Gasteiger partial charge in [-0.15, -0.1) is 5.10 Å². The summed E-state index contributed by atoms with van der Waals surface area (Å²) in [5.74, 6) is 0.777. The fourth-order valence-electron chi connectivity index (χ4n) is 2.83. The van der Waals surface area contributed by atoms with Crippen molar-refractivity contribution in [3.63, 3.8) is 0 Å². The van der Waals surface area contributed by atoms with Crippen molar-refractivity contribution < 1.29 is 19.1 Å². The van der Waals surface area contributed by atoms with Gasteiger partial charge >= 0.3 is 5.97 Å². The van der Waals surface area contributed by atoms with Gasteiger partial charge in [0.1, 0.15) is 18.0 Å². The summed E-state index contributed by atoms with van der Waals surface area (Å²) in [6.45, 7) is 9.51. The molecule has 0 bridgehead atoms. The maximum Gasteiger partial charge on any atom is 0.338 e. The second-order valence-corrected chi connectivity index (χ2v) is 8.09. The van der Waals surface area contributed by atoms with Crippen LogP contribution in [0.5, 0.6) is 11.6 Å². The number of ether oxygens (including phenoxy) is 2. The van der Waals surface area contributed by atoms with Crippen LogP contribution in [0.3, 0.4) is 0 Å². The molecule has 31 heavy (non-hydrogen) atoms. The molecule has 7 heteroatoms. The highest BCUT2D eigenvalue weighted by Gasteiger charge is 2.18. The summed E-state index contributed by atoms with van der Waals surface area (Å²) in [4.78, 5) is 17.6. The van der Waals surface area contributed by atoms with E-state index in [1.165, 1.54) is 0 Å². The van der Waals surface area contributed by atoms with Crippen LogP contribution in [0, 0.1) is 6.92 Å². The molecule has 0 unspecified atom stereocenters. The van der Waals surface area contributed by atoms with Crippen molar-refractivity contribution in [3.05, 3.63) is 77.0 Å². The van der Waals surface area contributed by atoms with Gasteiger partial charge < -0.3 is 14.3 Å². The zero-order chi connectivity index (χ0) is 22.4. The number of H-pyrrole nitrogens is 1. The zero-order valence-corrected chi connectivity index (χ0v) is 18.4. The normalized spacial score (nSPS) is 11.8. The van der Waals surface area contributed by atoms with Crippen molar-refractivity contribution in [2.45, 2.75) is 46.8 Å². The number of para-hydroxylation sites is 1. The lowest BCUT2D eigenvalue weighted by Gasteiger charge is -2.19.